The quantitative estimate of drug-likeness (QED) is 0.349. The zero-order valence-corrected chi connectivity index (χ0v) is 21.5. The SMILES string of the molecule is CCC(C)[C@H](NC(=O)[C@H](C[C@H](O)[C@@H](N)CC1CCCCC1)C(C)C)C(=O)NCc1ccccn1. The van der Waals surface area contributed by atoms with E-state index in [2.05, 4.69) is 15.6 Å². The third kappa shape index (κ3) is 8.99. The zero-order chi connectivity index (χ0) is 25.1. The fourth-order valence-electron chi connectivity index (χ4n) is 4.83. The van der Waals surface area contributed by atoms with Gasteiger partial charge in [-0.15, -0.1) is 0 Å². The van der Waals surface area contributed by atoms with Gasteiger partial charge in [-0.05, 0) is 42.7 Å². The number of pyridine rings is 1. The summed E-state index contributed by atoms with van der Waals surface area (Å²) in [6, 6.07) is 4.58. The van der Waals surface area contributed by atoms with Gasteiger partial charge in [0.2, 0.25) is 11.8 Å². The Balaban J connectivity index is 1.98. The first-order chi connectivity index (χ1) is 16.2. The van der Waals surface area contributed by atoms with Crippen LogP contribution in [0, 0.1) is 23.7 Å². The standard InChI is InChI=1S/C27H46N4O3/c1-5-19(4)25(27(34)30-17-21-13-9-10-14-29-21)31-26(33)22(18(2)3)16-24(32)23(28)15-20-11-7-6-8-12-20/h9-10,13-14,18-20,22-25,32H,5-8,11-12,15-17,28H2,1-4H3,(H,30,34)(H,31,33)/t19?,22-,23+,24+,25+/m1/s1. The first-order valence-electron chi connectivity index (χ1n) is 13.1. The second-order valence-electron chi connectivity index (χ2n) is 10.5. The minimum atomic E-state index is -0.736. The number of aromatic nitrogens is 1. The van der Waals surface area contributed by atoms with Gasteiger partial charge in [0.05, 0.1) is 18.3 Å². The number of nitrogens with zero attached hydrogens (tertiary/aromatic N) is 1. The summed E-state index contributed by atoms with van der Waals surface area (Å²) in [4.78, 5) is 30.5. The number of carbonyl (C=O) groups is 2. The minimum absolute atomic E-state index is 0.0192. The smallest absolute Gasteiger partial charge is 0.243 e. The van der Waals surface area contributed by atoms with Gasteiger partial charge in [-0.25, -0.2) is 0 Å². The summed E-state index contributed by atoms with van der Waals surface area (Å²) in [6.45, 7) is 8.23. The first kappa shape index (κ1) is 28.2. The molecule has 1 aromatic heterocycles. The van der Waals surface area contributed by atoms with Gasteiger partial charge in [0.15, 0.2) is 0 Å². The highest BCUT2D eigenvalue weighted by Crippen LogP contribution is 2.29. The van der Waals surface area contributed by atoms with Crippen molar-refractivity contribution >= 4 is 11.8 Å². The second-order valence-corrected chi connectivity index (χ2v) is 10.5. The highest BCUT2D eigenvalue weighted by molar-refractivity contribution is 5.88. The van der Waals surface area contributed by atoms with Crippen LogP contribution in [0.25, 0.3) is 0 Å². The van der Waals surface area contributed by atoms with E-state index >= 15 is 0 Å². The zero-order valence-electron chi connectivity index (χ0n) is 21.5. The van der Waals surface area contributed by atoms with E-state index in [0.717, 1.165) is 18.5 Å². The van der Waals surface area contributed by atoms with E-state index in [9.17, 15) is 14.7 Å². The molecule has 1 aromatic rings. The van der Waals surface area contributed by atoms with Gasteiger partial charge in [-0.1, -0.05) is 72.3 Å². The fraction of sp³-hybridized carbons (Fsp3) is 0.741. The number of rotatable bonds is 13. The Bertz CT molecular complexity index is 737. The van der Waals surface area contributed by atoms with Crippen LogP contribution in [-0.4, -0.2) is 40.1 Å². The maximum absolute atomic E-state index is 13.3. The maximum Gasteiger partial charge on any atom is 0.243 e. The van der Waals surface area contributed by atoms with Crippen LogP contribution in [0.15, 0.2) is 24.4 Å². The van der Waals surface area contributed by atoms with Gasteiger partial charge in [-0.3, -0.25) is 14.6 Å². The van der Waals surface area contributed by atoms with E-state index in [0.29, 0.717) is 18.9 Å². The molecule has 34 heavy (non-hydrogen) atoms. The molecular weight excluding hydrogens is 428 g/mol. The van der Waals surface area contributed by atoms with E-state index in [1.807, 2.05) is 45.9 Å². The molecule has 2 amide bonds. The Labute approximate surface area is 205 Å². The largest absolute Gasteiger partial charge is 0.391 e. The lowest BCUT2D eigenvalue weighted by molar-refractivity contribution is -0.134. The molecule has 1 heterocycles. The number of aliphatic hydroxyl groups is 1. The molecule has 1 aliphatic rings. The van der Waals surface area contributed by atoms with Crippen LogP contribution in [0.3, 0.4) is 0 Å². The summed E-state index contributed by atoms with van der Waals surface area (Å²) in [7, 11) is 0. The number of carbonyl (C=O) groups excluding carboxylic acids is 2. The highest BCUT2D eigenvalue weighted by Gasteiger charge is 2.33. The van der Waals surface area contributed by atoms with Crippen molar-refractivity contribution in [3.63, 3.8) is 0 Å². The number of amides is 2. The van der Waals surface area contributed by atoms with Crippen LogP contribution in [0.2, 0.25) is 0 Å². The van der Waals surface area contributed by atoms with Crippen molar-refractivity contribution in [1.29, 1.82) is 0 Å². The van der Waals surface area contributed by atoms with Crippen molar-refractivity contribution in [2.75, 3.05) is 0 Å². The Hall–Kier alpha value is -1.99. The molecule has 5 N–H and O–H groups in total. The lowest BCUT2D eigenvalue weighted by atomic mass is 9.81. The molecule has 5 atom stereocenters. The topological polar surface area (TPSA) is 117 Å². The van der Waals surface area contributed by atoms with Crippen molar-refractivity contribution < 1.29 is 14.7 Å². The van der Waals surface area contributed by atoms with Crippen molar-refractivity contribution in [3.8, 4) is 0 Å². The summed E-state index contributed by atoms with van der Waals surface area (Å²) >= 11 is 0. The monoisotopic (exact) mass is 474 g/mol. The average molecular weight is 475 g/mol. The molecule has 1 fully saturated rings. The highest BCUT2D eigenvalue weighted by atomic mass is 16.3. The number of hydrogen-bond acceptors (Lipinski definition) is 5. The molecule has 2 rings (SSSR count). The lowest BCUT2D eigenvalue weighted by Gasteiger charge is -2.31. The van der Waals surface area contributed by atoms with Gasteiger partial charge in [0.1, 0.15) is 6.04 Å². The van der Waals surface area contributed by atoms with Crippen LogP contribution in [0.1, 0.15) is 84.8 Å². The van der Waals surface area contributed by atoms with Crippen molar-refractivity contribution in [1.82, 2.24) is 15.6 Å². The Morgan fingerprint density at radius 3 is 2.44 bits per heavy atom. The third-order valence-corrected chi connectivity index (χ3v) is 7.42. The molecule has 7 heteroatoms. The minimum Gasteiger partial charge on any atom is -0.391 e. The van der Waals surface area contributed by atoms with E-state index in [1.165, 1.54) is 32.1 Å². The molecule has 7 nitrogen and oxygen atoms in total. The van der Waals surface area contributed by atoms with Gasteiger partial charge >= 0.3 is 0 Å². The summed E-state index contributed by atoms with van der Waals surface area (Å²) in [5.74, 6) is -0.267. The number of nitrogens with one attached hydrogen (secondary N) is 2. The molecule has 192 valence electrons. The summed E-state index contributed by atoms with van der Waals surface area (Å²) in [5, 5.41) is 16.7. The maximum atomic E-state index is 13.3. The number of aliphatic hydroxyl groups excluding tert-OH is 1. The summed E-state index contributed by atoms with van der Waals surface area (Å²) < 4.78 is 0. The van der Waals surface area contributed by atoms with Crippen LogP contribution in [0.5, 0.6) is 0 Å². The molecular formula is C27H46N4O3. The van der Waals surface area contributed by atoms with Crippen molar-refractivity contribution in [2.45, 2.75) is 104 Å². The predicted molar refractivity (Wildman–Crippen MR) is 136 cm³/mol. The van der Waals surface area contributed by atoms with E-state index < -0.39 is 18.1 Å². The van der Waals surface area contributed by atoms with E-state index in [4.69, 9.17) is 5.73 Å². The second kappa shape index (κ2) is 14.4. The van der Waals surface area contributed by atoms with Gasteiger partial charge in [0, 0.05) is 18.2 Å². The third-order valence-electron chi connectivity index (χ3n) is 7.42. The average Bonchev–Trinajstić information content (AvgIpc) is 2.84. The normalized spacial score (nSPS) is 19.1. The summed E-state index contributed by atoms with van der Waals surface area (Å²) in [6.07, 6.45) is 8.94. The molecule has 0 radical (unpaired) electrons. The number of hydrogen-bond donors (Lipinski definition) is 4. The predicted octanol–water partition coefficient (Wildman–Crippen LogP) is 3.55. The van der Waals surface area contributed by atoms with Crippen LogP contribution in [0.4, 0.5) is 0 Å². The Morgan fingerprint density at radius 1 is 1.15 bits per heavy atom. The van der Waals surface area contributed by atoms with Crippen LogP contribution >= 0.6 is 0 Å². The molecule has 0 spiro atoms. The van der Waals surface area contributed by atoms with Crippen LogP contribution < -0.4 is 16.4 Å². The molecule has 0 saturated heterocycles. The number of nitrogens with two attached hydrogens (primary N) is 1. The Morgan fingerprint density at radius 2 is 1.85 bits per heavy atom. The molecule has 1 saturated carbocycles. The molecule has 0 aromatic carbocycles. The van der Waals surface area contributed by atoms with Gasteiger partial charge in [0.25, 0.3) is 0 Å². The van der Waals surface area contributed by atoms with Gasteiger partial charge in [-0.2, -0.15) is 0 Å². The van der Waals surface area contributed by atoms with E-state index in [-0.39, 0.29) is 29.7 Å². The van der Waals surface area contributed by atoms with Crippen molar-refractivity contribution in [3.05, 3.63) is 30.1 Å². The van der Waals surface area contributed by atoms with Crippen LogP contribution in [-0.2, 0) is 16.1 Å². The first-order valence-corrected chi connectivity index (χ1v) is 13.1. The molecule has 1 unspecified atom stereocenters. The van der Waals surface area contributed by atoms with E-state index in [1.54, 1.807) is 6.20 Å². The Kier molecular flexibility index (Phi) is 12.0. The lowest BCUT2D eigenvalue weighted by Crippen LogP contribution is -2.52. The molecule has 0 aliphatic heterocycles. The van der Waals surface area contributed by atoms with Crippen molar-refractivity contribution in [2.24, 2.45) is 29.4 Å². The molecule has 1 aliphatic carbocycles. The molecule has 0 bridgehead atoms. The summed E-state index contributed by atoms with van der Waals surface area (Å²) in [5.41, 5.74) is 7.12. The van der Waals surface area contributed by atoms with Gasteiger partial charge < -0.3 is 21.5 Å². The fourth-order valence-corrected chi connectivity index (χ4v) is 4.83.